The van der Waals surface area contributed by atoms with Crippen molar-refractivity contribution in [2.75, 3.05) is 6.67 Å². The molecule has 0 unspecified atom stereocenters. The van der Waals surface area contributed by atoms with Gasteiger partial charge in [-0.2, -0.15) is 10.5 Å². The lowest BCUT2D eigenvalue weighted by Crippen LogP contribution is -2.04. The summed E-state index contributed by atoms with van der Waals surface area (Å²) < 4.78 is 0. The van der Waals surface area contributed by atoms with Crippen molar-refractivity contribution >= 4 is 11.4 Å². The maximum atomic E-state index is 8.25. The van der Waals surface area contributed by atoms with E-state index in [9.17, 15) is 0 Å². The lowest BCUT2D eigenvalue weighted by atomic mass is 10.3. The minimum atomic E-state index is 0.150. The Kier molecular flexibility index (Phi) is 1.25. The van der Waals surface area contributed by atoms with Crippen molar-refractivity contribution < 1.29 is 0 Å². The number of hydrogen-bond donors (Lipinski definition) is 0. The summed E-state index contributed by atoms with van der Waals surface area (Å²) in [6, 6.07) is 3.52. The van der Waals surface area contributed by atoms with Crippen LogP contribution in [0.1, 0.15) is 0 Å². The van der Waals surface area contributed by atoms with E-state index in [4.69, 9.17) is 10.5 Å². The molecule has 1 aliphatic heterocycles. The van der Waals surface area contributed by atoms with Gasteiger partial charge in [0.1, 0.15) is 18.8 Å². The third kappa shape index (κ3) is 0.777. The topological polar surface area (TPSA) is 72.3 Å². The molecule has 0 aromatic heterocycles. The van der Waals surface area contributed by atoms with Gasteiger partial charge in [-0.3, -0.25) is 0 Å². The molecule has 1 aliphatic rings. The second-order valence-electron chi connectivity index (χ2n) is 1.38. The summed E-state index contributed by atoms with van der Waals surface area (Å²) in [5, 5.41) is 16.5. The van der Waals surface area contributed by atoms with E-state index in [1.807, 2.05) is 0 Å². The first-order chi connectivity index (χ1) is 4.38. The molecule has 0 aromatic carbocycles. The molecule has 4 heteroatoms. The smallest absolute Gasteiger partial charge is 0.173 e. The fourth-order valence-corrected chi connectivity index (χ4v) is 0.503. The first-order valence-corrected chi connectivity index (χ1v) is 2.28. The van der Waals surface area contributed by atoms with E-state index in [1.54, 1.807) is 12.1 Å². The van der Waals surface area contributed by atoms with Crippen molar-refractivity contribution in [3.8, 4) is 12.1 Å². The van der Waals surface area contributed by atoms with Crippen molar-refractivity contribution in [3.05, 3.63) is 0 Å². The molecular weight excluding hydrogens is 116 g/mol. The largest absolute Gasteiger partial charge is 0.248 e. The molecule has 1 rings (SSSR count). The summed E-state index contributed by atoms with van der Waals surface area (Å²) in [6.07, 6.45) is 0. The summed E-state index contributed by atoms with van der Waals surface area (Å²) >= 11 is 0. The van der Waals surface area contributed by atoms with Crippen LogP contribution in [0.15, 0.2) is 9.98 Å². The van der Waals surface area contributed by atoms with Crippen molar-refractivity contribution in [2.24, 2.45) is 9.98 Å². The molecule has 0 saturated heterocycles. The first-order valence-electron chi connectivity index (χ1n) is 2.28. The van der Waals surface area contributed by atoms with Crippen LogP contribution in [0.25, 0.3) is 0 Å². The van der Waals surface area contributed by atoms with Gasteiger partial charge in [0.25, 0.3) is 0 Å². The van der Waals surface area contributed by atoms with E-state index in [1.165, 1.54) is 0 Å². The molecule has 0 spiro atoms. The number of rotatable bonds is 0. The highest BCUT2D eigenvalue weighted by molar-refractivity contribution is 6.54. The SMILES string of the molecule is N#CC1=NCN=C1C#N. The van der Waals surface area contributed by atoms with Gasteiger partial charge in [-0.1, -0.05) is 0 Å². The van der Waals surface area contributed by atoms with Crippen LogP contribution in [-0.2, 0) is 0 Å². The van der Waals surface area contributed by atoms with Crippen LogP contribution in [0.2, 0.25) is 0 Å². The van der Waals surface area contributed by atoms with Crippen molar-refractivity contribution in [3.63, 3.8) is 0 Å². The molecule has 0 aromatic rings. The van der Waals surface area contributed by atoms with Gasteiger partial charge >= 0.3 is 0 Å². The van der Waals surface area contributed by atoms with Crippen LogP contribution in [0.4, 0.5) is 0 Å². The van der Waals surface area contributed by atoms with Crippen molar-refractivity contribution in [1.29, 1.82) is 10.5 Å². The quantitative estimate of drug-likeness (QED) is 0.445. The van der Waals surface area contributed by atoms with Gasteiger partial charge in [0, 0.05) is 0 Å². The van der Waals surface area contributed by atoms with Gasteiger partial charge in [0.05, 0.1) is 0 Å². The predicted molar refractivity (Wildman–Crippen MR) is 31.0 cm³/mol. The Labute approximate surface area is 51.8 Å². The Hall–Kier alpha value is -1.68. The number of hydrogen-bond acceptors (Lipinski definition) is 4. The average molecular weight is 118 g/mol. The average Bonchev–Trinajstić information content (AvgIpc) is 2.33. The maximum Gasteiger partial charge on any atom is 0.173 e. The highest BCUT2D eigenvalue weighted by atomic mass is 15.0. The van der Waals surface area contributed by atoms with Gasteiger partial charge in [-0.15, -0.1) is 0 Å². The highest BCUT2D eigenvalue weighted by Crippen LogP contribution is 1.93. The molecule has 4 nitrogen and oxygen atoms in total. The Morgan fingerprint density at radius 3 is 1.89 bits per heavy atom. The fraction of sp³-hybridized carbons (Fsp3) is 0.200. The summed E-state index contributed by atoms with van der Waals surface area (Å²) in [7, 11) is 0. The Morgan fingerprint density at radius 2 is 1.56 bits per heavy atom. The van der Waals surface area contributed by atoms with Gasteiger partial charge < -0.3 is 0 Å². The van der Waals surface area contributed by atoms with Gasteiger partial charge in [-0.05, 0) is 0 Å². The monoisotopic (exact) mass is 118 g/mol. The minimum absolute atomic E-state index is 0.150. The van der Waals surface area contributed by atoms with E-state index in [0.717, 1.165) is 0 Å². The van der Waals surface area contributed by atoms with E-state index in [-0.39, 0.29) is 18.1 Å². The van der Waals surface area contributed by atoms with Crippen LogP contribution in [0, 0.1) is 22.7 Å². The Bertz CT molecular complexity index is 232. The third-order valence-electron chi connectivity index (χ3n) is 0.894. The highest BCUT2D eigenvalue weighted by Gasteiger charge is 2.10. The van der Waals surface area contributed by atoms with Gasteiger partial charge in [0.15, 0.2) is 11.4 Å². The van der Waals surface area contributed by atoms with E-state index >= 15 is 0 Å². The van der Waals surface area contributed by atoms with E-state index in [0.29, 0.717) is 0 Å². The number of nitriles is 2. The van der Waals surface area contributed by atoms with Crippen LogP contribution in [-0.4, -0.2) is 18.1 Å². The summed E-state index contributed by atoms with van der Waals surface area (Å²) in [5.41, 5.74) is 0.301. The van der Waals surface area contributed by atoms with Gasteiger partial charge in [0.2, 0.25) is 0 Å². The van der Waals surface area contributed by atoms with Gasteiger partial charge in [-0.25, -0.2) is 9.98 Å². The molecule has 0 N–H and O–H groups in total. The normalized spacial score (nSPS) is 15.3. The second-order valence-corrected chi connectivity index (χ2v) is 1.38. The number of aliphatic imine (C=N–C) groups is 2. The Balaban J connectivity index is 2.94. The molecule has 9 heavy (non-hydrogen) atoms. The zero-order valence-corrected chi connectivity index (χ0v) is 4.50. The molecule has 0 bridgehead atoms. The molecule has 0 amide bonds. The molecule has 0 atom stereocenters. The summed E-state index contributed by atoms with van der Waals surface area (Å²) in [5.74, 6) is 0. The zero-order valence-electron chi connectivity index (χ0n) is 4.50. The van der Waals surface area contributed by atoms with Crippen LogP contribution in [0.3, 0.4) is 0 Å². The molecular formula is C5H2N4. The van der Waals surface area contributed by atoms with Crippen LogP contribution < -0.4 is 0 Å². The fourth-order valence-electron chi connectivity index (χ4n) is 0.503. The summed E-state index contributed by atoms with van der Waals surface area (Å²) in [6.45, 7) is 0.228. The zero-order chi connectivity index (χ0) is 6.69. The van der Waals surface area contributed by atoms with Crippen LogP contribution >= 0.6 is 0 Å². The number of nitrogens with zero attached hydrogens (tertiary/aromatic N) is 4. The summed E-state index contributed by atoms with van der Waals surface area (Å²) in [4.78, 5) is 7.27. The predicted octanol–water partition coefficient (Wildman–Crippen LogP) is -0.113. The molecule has 0 fully saturated rings. The molecule has 0 radical (unpaired) electrons. The molecule has 1 heterocycles. The molecule has 0 aliphatic carbocycles. The molecule has 0 saturated carbocycles. The lowest BCUT2D eigenvalue weighted by molar-refractivity contribution is 1.10. The van der Waals surface area contributed by atoms with E-state index in [2.05, 4.69) is 9.98 Å². The first kappa shape index (κ1) is 5.46. The minimum Gasteiger partial charge on any atom is -0.248 e. The van der Waals surface area contributed by atoms with Crippen LogP contribution in [0.5, 0.6) is 0 Å². The lowest BCUT2D eigenvalue weighted by Gasteiger charge is -1.76. The van der Waals surface area contributed by atoms with Crippen molar-refractivity contribution in [1.82, 2.24) is 0 Å². The second kappa shape index (κ2) is 2.06. The Morgan fingerprint density at radius 1 is 1.11 bits per heavy atom. The van der Waals surface area contributed by atoms with E-state index < -0.39 is 0 Å². The molecule has 42 valence electrons. The standard InChI is InChI=1S/C5H2N4/c6-1-4-5(2-7)9-3-8-4/h3H2. The van der Waals surface area contributed by atoms with Crippen molar-refractivity contribution in [2.45, 2.75) is 0 Å². The third-order valence-corrected chi connectivity index (χ3v) is 0.894. The maximum absolute atomic E-state index is 8.25.